The van der Waals surface area contributed by atoms with Gasteiger partial charge in [0.25, 0.3) is 0 Å². The van der Waals surface area contributed by atoms with Crippen LogP contribution in [0.1, 0.15) is 27.7 Å². The highest BCUT2D eigenvalue weighted by molar-refractivity contribution is 5.93. The van der Waals surface area contributed by atoms with Gasteiger partial charge in [-0.2, -0.15) is 0 Å². The van der Waals surface area contributed by atoms with Gasteiger partial charge in [0.1, 0.15) is 23.0 Å². The molecule has 3 aromatic rings. The van der Waals surface area contributed by atoms with E-state index < -0.39 is 5.97 Å². The summed E-state index contributed by atoms with van der Waals surface area (Å²) in [5, 5.41) is 9.04. The van der Waals surface area contributed by atoms with Crippen molar-refractivity contribution in [2.24, 2.45) is 0 Å². The summed E-state index contributed by atoms with van der Waals surface area (Å²) in [6.07, 6.45) is 0.361. The van der Waals surface area contributed by atoms with Crippen LogP contribution < -0.4 is 5.73 Å². The van der Waals surface area contributed by atoms with Gasteiger partial charge in [-0.15, -0.1) is 0 Å². The summed E-state index contributed by atoms with van der Waals surface area (Å²) in [5.74, 6) is -0.00599. The van der Waals surface area contributed by atoms with Crippen LogP contribution in [0.5, 0.6) is 0 Å². The number of benzene rings is 1. The maximum atomic E-state index is 11.1. The number of hydrogen-bond acceptors (Lipinski definition) is 5. The molecule has 106 valence electrons. The van der Waals surface area contributed by atoms with Crippen molar-refractivity contribution in [1.82, 2.24) is 19.9 Å². The van der Waals surface area contributed by atoms with Crippen LogP contribution in [-0.4, -0.2) is 31.0 Å². The summed E-state index contributed by atoms with van der Waals surface area (Å²) in [7, 11) is 0. The van der Waals surface area contributed by atoms with Gasteiger partial charge in [-0.25, -0.2) is 19.7 Å². The monoisotopic (exact) mass is 283 g/mol. The van der Waals surface area contributed by atoms with Crippen LogP contribution in [0.25, 0.3) is 11.0 Å². The number of carboxylic acid groups (broad SMARTS) is 1. The molecule has 0 aliphatic heterocycles. The Hall–Kier alpha value is -2.96. The number of fused-ring (bicyclic) bond motifs is 1. The lowest BCUT2D eigenvalue weighted by molar-refractivity contribution is 0.0696. The number of hydrogen-bond donors (Lipinski definition) is 3. The average molecular weight is 283 g/mol. The van der Waals surface area contributed by atoms with Crippen LogP contribution >= 0.6 is 0 Å². The lowest BCUT2D eigenvalue weighted by Crippen LogP contribution is -2.12. The van der Waals surface area contributed by atoms with Gasteiger partial charge in [-0.3, -0.25) is 0 Å². The van der Waals surface area contributed by atoms with Gasteiger partial charge >= 0.3 is 5.97 Å². The van der Waals surface area contributed by atoms with Gasteiger partial charge in [-0.1, -0.05) is 12.1 Å². The molecule has 0 aliphatic rings. The zero-order valence-electron chi connectivity index (χ0n) is 11.3. The average Bonchev–Trinajstić information content (AvgIpc) is 2.79. The number of aryl methyl sites for hydroxylation is 1. The third-order valence-electron chi connectivity index (χ3n) is 3.14. The summed E-state index contributed by atoms with van der Waals surface area (Å²) in [5.41, 5.74) is 7.78. The van der Waals surface area contributed by atoms with E-state index in [2.05, 4.69) is 19.9 Å². The number of carbonyl (C=O) groups is 1. The lowest BCUT2D eigenvalue weighted by atomic mass is 10.2. The molecule has 0 spiro atoms. The van der Waals surface area contributed by atoms with E-state index in [1.54, 1.807) is 6.92 Å². The first kappa shape index (κ1) is 13.0. The summed E-state index contributed by atoms with van der Waals surface area (Å²) >= 11 is 0. The molecular weight excluding hydrogens is 270 g/mol. The fourth-order valence-corrected chi connectivity index (χ4v) is 2.24. The van der Waals surface area contributed by atoms with Crippen molar-refractivity contribution in [3.63, 3.8) is 0 Å². The number of nitrogen functional groups attached to an aromatic ring is 1. The summed E-state index contributed by atoms with van der Waals surface area (Å²) in [4.78, 5) is 26.9. The van der Waals surface area contributed by atoms with E-state index in [1.165, 1.54) is 0 Å². The zero-order chi connectivity index (χ0) is 15.0. The molecule has 0 unspecified atom stereocenters. The van der Waals surface area contributed by atoms with Crippen molar-refractivity contribution >= 4 is 22.8 Å². The largest absolute Gasteiger partial charge is 0.477 e. The fraction of sp³-hybridized carbons (Fsp3) is 0.143. The minimum absolute atomic E-state index is 0.0267. The van der Waals surface area contributed by atoms with E-state index in [-0.39, 0.29) is 11.4 Å². The Labute approximate surface area is 119 Å². The first-order chi connectivity index (χ1) is 10.0. The first-order valence-electron chi connectivity index (χ1n) is 6.34. The van der Waals surface area contributed by atoms with Gasteiger partial charge in [0.2, 0.25) is 0 Å². The Morgan fingerprint density at radius 3 is 2.71 bits per heavy atom. The molecule has 0 atom stereocenters. The summed E-state index contributed by atoms with van der Waals surface area (Å²) < 4.78 is 0. The Kier molecular flexibility index (Phi) is 3.02. The van der Waals surface area contributed by atoms with Gasteiger partial charge in [0.05, 0.1) is 23.1 Å². The van der Waals surface area contributed by atoms with Crippen LogP contribution in [-0.2, 0) is 6.42 Å². The summed E-state index contributed by atoms with van der Waals surface area (Å²) in [6, 6.07) is 7.67. The molecule has 0 bridgehead atoms. The van der Waals surface area contributed by atoms with E-state index in [9.17, 15) is 4.79 Å². The van der Waals surface area contributed by atoms with Crippen molar-refractivity contribution in [1.29, 1.82) is 0 Å². The van der Waals surface area contributed by atoms with Crippen molar-refractivity contribution in [3.05, 3.63) is 47.2 Å². The fourth-order valence-electron chi connectivity index (χ4n) is 2.24. The molecule has 21 heavy (non-hydrogen) atoms. The van der Waals surface area contributed by atoms with Crippen LogP contribution in [0.2, 0.25) is 0 Å². The number of carboxylic acids is 1. The minimum atomic E-state index is -1.12. The first-order valence-corrected chi connectivity index (χ1v) is 6.34. The van der Waals surface area contributed by atoms with Crippen molar-refractivity contribution in [2.75, 3.05) is 5.73 Å². The topological polar surface area (TPSA) is 118 Å². The molecule has 1 aromatic carbocycles. The number of H-pyrrole nitrogens is 1. The second-order valence-corrected chi connectivity index (χ2v) is 4.67. The zero-order valence-corrected chi connectivity index (χ0v) is 11.3. The second kappa shape index (κ2) is 4.86. The van der Waals surface area contributed by atoms with E-state index in [4.69, 9.17) is 10.8 Å². The molecule has 0 saturated carbocycles. The van der Waals surface area contributed by atoms with Crippen LogP contribution in [0.3, 0.4) is 0 Å². The highest BCUT2D eigenvalue weighted by atomic mass is 16.4. The Morgan fingerprint density at radius 2 is 2.05 bits per heavy atom. The molecule has 7 heteroatoms. The number of nitrogens with zero attached hydrogens (tertiary/aromatic N) is 3. The second-order valence-electron chi connectivity index (χ2n) is 4.67. The molecule has 4 N–H and O–H groups in total. The van der Waals surface area contributed by atoms with Crippen LogP contribution in [0.4, 0.5) is 5.82 Å². The quantitative estimate of drug-likeness (QED) is 0.671. The molecule has 7 nitrogen and oxygen atoms in total. The Morgan fingerprint density at radius 1 is 1.29 bits per heavy atom. The smallest absolute Gasteiger partial charge is 0.341 e. The third-order valence-corrected chi connectivity index (χ3v) is 3.14. The SMILES string of the molecule is Cc1nc(Cc2nc3ccccc3[nH]2)nc(N)c1C(=O)O. The lowest BCUT2D eigenvalue weighted by Gasteiger charge is -2.06. The van der Waals surface area contributed by atoms with Gasteiger partial charge in [0, 0.05) is 0 Å². The minimum Gasteiger partial charge on any atom is -0.477 e. The predicted molar refractivity (Wildman–Crippen MR) is 77.0 cm³/mol. The van der Waals surface area contributed by atoms with Crippen molar-refractivity contribution in [2.45, 2.75) is 13.3 Å². The number of anilines is 1. The molecule has 0 fully saturated rings. The Balaban J connectivity index is 1.96. The van der Waals surface area contributed by atoms with Gasteiger partial charge in [0.15, 0.2) is 0 Å². The normalized spacial score (nSPS) is 10.9. The number of nitrogens with two attached hydrogens (primary N) is 1. The van der Waals surface area contributed by atoms with Gasteiger partial charge < -0.3 is 15.8 Å². The molecule has 0 aliphatic carbocycles. The molecule has 3 rings (SSSR count). The number of aromatic nitrogens is 4. The molecule has 0 amide bonds. The van der Waals surface area contributed by atoms with Crippen molar-refractivity contribution in [3.8, 4) is 0 Å². The predicted octanol–water partition coefficient (Wildman–Crippen LogP) is 1.53. The number of para-hydroxylation sites is 2. The van der Waals surface area contributed by atoms with Gasteiger partial charge in [-0.05, 0) is 19.1 Å². The highest BCUT2D eigenvalue weighted by Gasteiger charge is 2.16. The number of aromatic amines is 1. The van der Waals surface area contributed by atoms with E-state index in [0.29, 0.717) is 23.8 Å². The molecule has 0 radical (unpaired) electrons. The van der Waals surface area contributed by atoms with Crippen LogP contribution in [0.15, 0.2) is 24.3 Å². The van der Waals surface area contributed by atoms with E-state index in [1.807, 2.05) is 24.3 Å². The number of nitrogens with one attached hydrogen (secondary N) is 1. The van der Waals surface area contributed by atoms with Crippen molar-refractivity contribution < 1.29 is 9.90 Å². The summed E-state index contributed by atoms with van der Waals surface area (Å²) in [6.45, 7) is 1.60. The van der Waals surface area contributed by atoms with E-state index in [0.717, 1.165) is 11.0 Å². The number of rotatable bonds is 3. The van der Waals surface area contributed by atoms with Crippen LogP contribution in [0, 0.1) is 6.92 Å². The highest BCUT2D eigenvalue weighted by Crippen LogP contribution is 2.16. The molecule has 2 heterocycles. The third kappa shape index (κ3) is 2.40. The number of imidazole rings is 1. The molecule has 0 saturated heterocycles. The standard InChI is InChI=1S/C14H13N5O2/c1-7-12(14(20)21)13(15)19-10(16-7)6-11-17-8-4-2-3-5-9(8)18-11/h2-5H,6H2,1H3,(H,17,18)(H,20,21)(H2,15,16,19). The van der Waals surface area contributed by atoms with E-state index >= 15 is 0 Å². The Bertz CT molecular complexity index is 784. The molecular formula is C14H13N5O2. The molecule has 2 aromatic heterocycles. The maximum absolute atomic E-state index is 11.1. The maximum Gasteiger partial charge on any atom is 0.341 e. The number of aromatic carboxylic acids is 1.